The van der Waals surface area contributed by atoms with E-state index in [2.05, 4.69) is 10.3 Å². The van der Waals surface area contributed by atoms with Gasteiger partial charge in [-0.1, -0.05) is 36.4 Å². The Hall–Kier alpha value is -3.75. The minimum Gasteiger partial charge on any atom is -0.350 e. The van der Waals surface area contributed by atoms with E-state index in [9.17, 15) is 27.2 Å². The van der Waals surface area contributed by atoms with Gasteiger partial charge in [-0.05, 0) is 41.8 Å². The van der Waals surface area contributed by atoms with Crippen LogP contribution in [0.2, 0.25) is 0 Å². The van der Waals surface area contributed by atoms with E-state index in [1.807, 2.05) is 30.3 Å². The highest BCUT2D eigenvalue weighted by molar-refractivity contribution is 5.96. The summed E-state index contributed by atoms with van der Waals surface area (Å²) in [7, 11) is 0. The van der Waals surface area contributed by atoms with Crippen molar-refractivity contribution in [1.82, 2.24) is 15.2 Å². The van der Waals surface area contributed by atoms with Crippen molar-refractivity contribution in [3.8, 4) is 0 Å². The number of alkyl halides is 3. The quantitative estimate of drug-likeness (QED) is 0.561. The number of nitrogens with one attached hydrogen (secondary N) is 1. The number of halogens is 4. The van der Waals surface area contributed by atoms with Gasteiger partial charge >= 0.3 is 6.18 Å². The summed E-state index contributed by atoms with van der Waals surface area (Å²) in [5.41, 5.74) is 0.665. The molecule has 2 heterocycles. The van der Waals surface area contributed by atoms with Crippen molar-refractivity contribution in [3.05, 3.63) is 100 Å². The van der Waals surface area contributed by atoms with Crippen molar-refractivity contribution in [2.75, 3.05) is 13.1 Å². The fourth-order valence-corrected chi connectivity index (χ4v) is 3.88. The van der Waals surface area contributed by atoms with Crippen molar-refractivity contribution >= 4 is 11.8 Å². The molecule has 0 fully saturated rings. The van der Waals surface area contributed by atoms with Crippen LogP contribution in [0, 0.1) is 5.82 Å². The number of aromatic nitrogens is 1. The molecule has 2 aromatic carbocycles. The average Bonchev–Trinajstić information content (AvgIpc) is 2.82. The molecule has 176 valence electrons. The van der Waals surface area contributed by atoms with Gasteiger partial charge in [0.1, 0.15) is 11.5 Å². The van der Waals surface area contributed by atoms with Crippen LogP contribution in [-0.4, -0.2) is 34.8 Å². The third-order valence-corrected chi connectivity index (χ3v) is 5.63. The van der Waals surface area contributed by atoms with E-state index in [4.69, 9.17) is 0 Å². The molecule has 1 N–H and O–H groups in total. The Labute approximate surface area is 193 Å². The molecule has 0 saturated carbocycles. The largest absolute Gasteiger partial charge is 0.417 e. The molecular formula is C25H21F4N3O2. The molecule has 4 rings (SSSR count). The highest BCUT2D eigenvalue weighted by Crippen LogP contribution is 2.33. The van der Waals surface area contributed by atoms with Gasteiger partial charge in [-0.15, -0.1) is 0 Å². The maximum Gasteiger partial charge on any atom is 0.417 e. The van der Waals surface area contributed by atoms with E-state index in [1.54, 1.807) is 6.07 Å². The SMILES string of the molecule is O=C(NCCc1ccccc1)c1ccc2c(n1)CCN(C(=O)c1cc(F)ccc1C(F)(F)F)C2. The van der Waals surface area contributed by atoms with Gasteiger partial charge in [0, 0.05) is 31.7 Å². The zero-order chi connectivity index (χ0) is 24.3. The van der Waals surface area contributed by atoms with Gasteiger partial charge in [-0.2, -0.15) is 13.2 Å². The second-order valence-electron chi connectivity index (χ2n) is 7.96. The van der Waals surface area contributed by atoms with Crippen LogP contribution in [0.3, 0.4) is 0 Å². The molecule has 3 aromatic rings. The Morgan fingerprint density at radius 2 is 1.79 bits per heavy atom. The molecule has 0 saturated heterocycles. The lowest BCUT2D eigenvalue weighted by Crippen LogP contribution is -2.37. The van der Waals surface area contributed by atoms with E-state index >= 15 is 0 Å². The molecule has 0 bridgehead atoms. The van der Waals surface area contributed by atoms with E-state index in [0.29, 0.717) is 42.4 Å². The van der Waals surface area contributed by atoms with E-state index in [1.165, 1.54) is 11.0 Å². The third-order valence-electron chi connectivity index (χ3n) is 5.63. The van der Waals surface area contributed by atoms with Gasteiger partial charge in [-0.25, -0.2) is 9.37 Å². The summed E-state index contributed by atoms with van der Waals surface area (Å²) in [6, 6.07) is 14.7. The van der Waals surface area contributed by atoms with Crippen molar-refractivity contribution in [1.29, 1.82) is 0 Å². The lowest BCUT2D eigenvalue weighted by molar-refractivity contribution is -0.138. The predicted octanol–water partition coefficient (Wildman–Crippen LogP) is 4.41. The number of benzene rings is 2. The zero-order valence-electron chi connectivity index (χ0n) is 18.0. The minimum absolute atomic E-state index is 0.0187. The first kappa shape index (κ1) is 23.4. The standard InChI is InChI=1S/C25H21F4N3O2/c26-18-7-8-20(25(27,28)29)19(14-18)24(34)32-13-11-21-17(15-32)6-9-22(31-21)23(33)30-12-10-16-4-2-1-3-5-16/h1-9,14H,10-13,15H2,(H,30,33). The topological polar surface area (TPSA) is 62.3 Å². The van der Waals surface area contributed by atoms with Crippen molar-refractivity contribution in [3.63, 3.8) is 0 Å². The third kappa shape index (κ3) is 5.24. The minimum atomic E-state index is -4.78. The Kier molecular flexibility index (Phi) is 6.63. The Balaban J connectivity index is 1.43. The van der Waals surface area contributed by atoms with Crippen molar-refractivity contribution in [2.45, 2.75) is 25.6 Å². The molecule has 9 heteroatoms. The fraction of sp³-hybridized carbons (Fsp3) is 0.240. The Morgan fingerprint density at radius 1 is 1.03 bits per heavy atom. The van der Waals surface area contributed by atoms with Gasteiger partial charge in [0.25, 0.3) is 11.8 Å². The number of nitrogens with zero attached hydrogens (tertiary/aromatic N) is 2. The molecular weight excluding hydrogens is 450 g/mol. The van der Waals surface area contributed by atoms with Crippen LogP contribution in [0.15, 0.2) is 60.7 Å². The van der Waals surface area contributed by atoms with Gasteiger partial charge in [-0.3, -0.25) is 9.59 Å². The van der Waals surface area contributed by atoms with Crippen LogP contribution in [0.1, 0.15) is 43.2 Å². The smallest absolute Gasteiger partial charge is 0.350 e. The number of fused-ring (bicyclic) bond motifs is 1. The second kappa shape index (κ2) is 9.62. The molecule has 0 spiro atoms. The van der Waals surface area contributed by atoms with Gasteiger partial charge in [0.05, 0.1) is 11.1 Å². The molecule has 0 radical (unpaired) electrons. The maximum atomic E-state index is 13.6. The molecule has 2 amide bonds. The maximum absolute atomic E-state index is 13.6. The summed E-state index contributed by atoms with van der Waals surface area (Å²) < 4.78 is 53.6. The van der Waals surface area contributed by atoms with Crippen LogP contribution in [0.5, 0.6) is 0 Å². The normalized spacial score (nSPS) is 13.4. The fourth-order valence-electron chi connectivity index (χ4n) is 3.88. The summed E-state index contributed by atoms with van der Waals surface area (Å²) in [5.74, 6) is -2.15. The van der Waals surface area contributed by atoms with E-state index in [0.717, 1.165) is 5.56 Å². The molecule has 0 aliphatic carbocycles. The first-order valence-electron chi connectivity index (χ1n) is 10.7. The number of hydrogen-bond acceptors (Lipinski definition) is 3. The summed E-state index contributed by atoms with van der Waals surface area (Å²) in [5, 5.41) is 2.82. The number of carbonyl (C=O) groups is 2. The van der Waals surface area contributed by atoms with E-state index in [-0.39, 0.29) is 31.1 Å². The summed E-state index contributed by atoms with van der Waals surface area (Å²) in [6.07, 6.45) is -3.84. The van der Waals surface area contributed by atoms with Crippen molar-refractivity contribution in [2.24, 2.45) is 0 Å². The summed E-state index contributed by atoms with van der Waals surface area (Å²) >= 11 is 0. The van der Waals surface area contributed by atoms with Gasteiger partial charge in [0.15, 0.2) is 0 Å². The number of pyridine rings is 1. The zero-order valence-corrected chi connectivity index (χ0v) is 18.0. The summed E-state index contributed by atoms with van der Waals surface area (Å²) in [6.45, 7) is 0.565. The van der Waals surface area contributed by atoms with Crippen LogP contribution in [0.25, 0.3) is 0 Å². The number of rotatable bonds is 5. The molecule has 5 nitrogen and oxygen atoms in total. The monoisotopic (exact) mass is 471 g/mol. The number of carbonyl (C=O) groups excluding carboxylic acids is 2. The average molecular weight is 471 g/mol. The molecule has 1 aromatic heterocycles. The molecule has 34 heavy (non-hydrogen) atoms. The number of amides is 2. The second-order valence-corrected chi connectivity index (χ2v) is 7.96. The first-order valence-corrected chi connectivity index (χ1v) is 10.7. The Bertz CT molecular complexity index is 1210. The molecule has 1 aliphatic heterocycles. The van der Waals surface area contributed by atoms with Crippen LogP contribution in [0.4, 0.5) is 17.6 Å². The van der Waals surface area contributed by atoms with Crippen LogP contribution >= 0.6 is 0 Å². The molecule has 0 unspecified atom stereocenters. The first-order chi connectivity index (χ1) is 16.2. The molecule has 0 atom stereocenters. The summed E-state index contributed by atoms with van der Waals surface area (Å²) in [4.78, 5) is 30.9. The lowest BCUT2D eigenvalue weighted by Gasteiger charge is -2.29. The van der Waals surface area contributed by atoms with Gasteiger partial charge < -0.3 is 10.2 Å². The Morgan fingerprint density at radius 3 is 2.53 bits per heavy atom. The predicted molar refractivity (Wildman–Crippen MR) is 117 cm³/mol. The van der Waals surface area contributed by atoms with Crippen molar-refractivity contribution < 1.29 is 27.2 Å². The van der Waals surface area contributed by atoms with Gasteiger partial charge in [0.2, 0.25) is 0 Å². The van der Waals surface area contributed by atoms with E-state index < -0.39 is 29.0 Å². The lowest BCUT2D eigenvalue weighted by atomic mass is 10.0. The van der Waals surface area contributed by atoms with Crippen LogP contribution < -0.4 is 5.32 Å². The highest BCUT2D eigenvalue weighted by Gasteiger charge is 2.37. The van der Waals surface area contributed by atoms with Crippen LogP contribution in [-0.2, 0) is 25.6 Å². The molecule has 1 aliphatic rings. The number of hydrogen-bond donors (Lipinski definition) is 1. The highest BCUT2D eigenvalue weighted by atomic mass is 19.4.